The molecule has 3 atom stereocenters. The third-order valence-electron chi connectivity index (χ3n) is 10.9. The van der Waals surface area contributed by atoms with E-state index < -0.39 is 53.0 Å². The van der Waals surface area contributed by atoms with Crippen LogP contribution in [-0.4, -0.2) is 104 Å². The molecule has 6 amide bonds. The van der Waals surface area contributed by atoms with Crippen molar-refractivity contribution < 1.29 is 47.4 Å². The molecule has 2 heterocycles. The van der Waals surface area contributed by atoms with Crippen molar-refractivity contribution in [3.63, 3.8) is 0 Å². The summed E-state index contributed by atoms with van der Waals surface area (Å²) < 4.78 is 31.7. The molecular weight excluding hydrogens is 859 g/mol. The summed E-state index contributed by atoms with van der Waals surface area (Å²) in [5.74, 6) is -4.62. The Morgan fingerprint density at radius 3 is 2.18 bits per heavy atom. The summed E-state index contributed by atoms with van der Waals surface area (Å²) in [5.41, 5.74) is 1.48. The van der Waals surface area contributed by atoms with Crippen LogP contribution in [0.1, 0.15) is 97.4 Å². The Balaban J connectivity index is 1.44. The quantitative estimate of drug-likeness (QED) is 0.0564. The Morgan fingerprint density at radius 2 is 1.54 bits per heavy atom. The molecule has 4 rings (SSSR count). The van der Waals surface area contributed by atoms with Crippen LogP contribution >= 0.6 is 11.8 Å². The summed E-state index contributed by atoms with van der Waals surface area (Å²) in [6.07, 6.45) is 6.12. The molecule has 3 unspecified atom stereocenters. The molecule has 65 heavy (non-hydrogen) atoms. The van der Waals surface area contributed by atoms with Crippen LogP contribution in [0.25, 0.3) is 11.1 Å². The van der Waals surface area contributed by atoms with E-state index in [0.29, 0.717) is 43.5 Å². The lowest BCUT2D eigenvalue weighted by molar-refractivity contribution is -0.138. The van der Waals surface area contributed by atoms with Gasteiger partial charge in [-0.05, 0) is 67.3 Å². The first kappa shape index (κ1) is 51.8. The number of aromatic nitrogens is 1. The van der Waals surface area contributed by atoms with Gasteiger partial charge in [0.15, 0.2) is 0 Å². The average molecular weight is 921 g/mol. The number of aliphatic carboxylic acids is 1. The second-order valence-electron chi connectivity index (χ2n) is 17.6. The number of carboxylic acid groups (broad SMARTS) is 1. The van der Waals surface area contributed by atoms with Crippen LogP contribution in [0.2, 0.25) is 0 Å². The van der Waals surface area contributed by atoms with E-state index in [1.165, 1.54) is 30.8 Å². The van der Waals surface area contributed by atoms with Crippen LogP contribution in [0.5, 0.6) is 0 Å². The van der Waals surface area contributed by atoms with Crippen LogP contribution in [-0.2, 0) is 40.1 Å². The summed E-state index contributed by atoms with van der Waals surface area (Å²) in [4.78, 5) is 91.3. The predicted molar refractivity (Wildman–Crippen MR) is 245 cm³/mol. The van der Waals surface area contributed by atoms with Gasteiger partial charge in [-0.1, -0.05) is 71.4 Å². The van der Waals surface area contributed by atoms with Gasteiger partial charge in [-0.3, -0.25) is 38.5 Å². The van der Waals surface area contributed by atoms with Crippen LogP contribution in [0.15, 0.2) is 72.9 Å². The number of unbranched alkanes of at least 4 members (excludes halogenated alkanes) is 2. The van der Waals surface area contributed by atoms with Gasteiger partial charge in [0, 0.05) is 73.5 Å². The first-order valence-electron chi connectivity index (χ1n) is 22.0. The summed E-state index contributed by atoms with van der Waals surface area (Å²) in [7, 11) is 0. The number of benzene rings is 2. The molecule has 3 aromatic rings. The number of hydrogen-bond donors (Lipinski definition) is 4. The molecular formula is C48H62F2N6O8S. The van der Waals surface area contributed by atoms with Crippen molar-refractivity contribution in [3.05, 3.63) is 95.8 Å². The van der Waals surface area contributed by atoms with Crippen molar-refractivity contribution in [2.75, 3.05) is 31.1 Å². The SMILES string of the molecule is CC(NC(=O)C(NC(=O)CCCCCN1C(=O)C=CC1=O)C(C)C)C(=O)NCCCN(C(=O)CSCCC(=O)O)C(c1cc(-c2cc(F)ccc2F)cn1Cc1ccccc1)C(C)(C)C. The Kier molecular flexibility index (Phi) is 19.5. The standard InChI is InChI=1S/C48H62F2N6O8S/c1-31(2)44(53-39(57)16-11-8-12-23-55-40(58)19-20-41(55)59)47(64)52-32(3)46(63)51-22-13-24-56(42(60)30-65-25-21-43(61)62)45(48(4,5)6)38-26-34(36-27-35(49)17-18-37(36)50)29-54(38)28-33-14-9-7-10-15-33/h7,9-10,14-15,17-20,26-27,29,31-32,44-45H,8,11-13,16,21-25,28,30H2,1-6H3,(H,51,63)(H,52,64)(H,53,57)(H,61,62). The fourth-order valence-corrected chi connectivity index (χ4v) is 8.36. The van der Waals surface area contributed by atoms with Crippen molar-refractivity contribution >= 4 is 53.2 Å². The summed E-state index contributed by atoms with van der Waals surface area (Å²) in [6, 6.07) is 12.1. The maximum Gasteiger partial charge on any atom is 0.304 e. The van der Waals surface area contributed by atoms with E-state index in [-0.39, 0.29) is 79.1 Å². The lowest BCUT2D eigenvalue weighted by Gasteiger charge is -2.41. The molecule has 17 heteroatoms. The molecule has 2 aromatic carbocycles. The first-order valence-corrected chi connectivity index (χ1v) is 23.1. The molecule has 1 aromatic heterocycles. The lowest BCUT2D eigenvalue weighted by Crippen LogP contribution is -2.54. The molecule has 4 N–H and O–H groups in total. The minimum Gasteiger partial charge on any atom is -0.481 e. The molecule has 14 nitrogen and oxygen atoms in total. The Labute approximate surface area is 383 Å². The number of nitrogens with zero attached hydrogens (tertiary/aromatic N) is 3. The number of rotatable bonds is 25. The van der Waals surface area contributed by atoms with E-state index in [1.54, 1.807) is 31.0 Å². The maximum atomic E-state index is 15.2. The van der Waals surface area contributed by atoms with Gasteiger partial charge < -0.3 is 30.5 Å². The minimum absolute atomic E-state index is 0.0192. The lowest BCUT2D eigenvalue weighted by atomic mass is 9.83. The highest BCUT2D eigenvalue weighted by Crippen LogP contribution is 2.41. The van der Waals surface area contributed by atoms with Crippen molar-refractivity contribution in [2.45, 2.75) is 105 Å². The van der Waals surface area contributed by atoms with Gasteiger partial charge in [-0.15, -0.1) is 0 Å². The van der Waals surface area contributed by atoms with Crippen molar-refractivity contribution in [1.29, 1.82) is 0 Å². The van der Waals surface area contributed by atoms with E-state index in [1.807, 2.05) is 55.7 Å². The van der Waals surface area contributed by atoms with Gasteiger partial charge in [0.05, 0.1) is 18.2 Å². The van der Waals surface area contributed by atoms with Crippen LogP contribution < -0.4 is 16.0 Å². The normalized spacial score (nSPS) is 14.0. The number of amides is 6. The smallest absolute Gasteiger partial charge is 0.304 e. The highest BCUT2D eigenvalue weighted by atomic mass is 32.2. The van der Waals surface area contributed by atoms with Gasteiger partial charge >= 0.3 is 5.97 Å². The Hall–Kier alpha value is -5.84. The van der Waals surface area contributed by atoms with E-state index in [9.17, 15) is 43.1 Å². The highest BCUT2D eigenvalue weighted by molar-refractivity contribution is 7.99. The van der Waals surface area contributed by atoms with Crippen molar-refractivity contribution in [2.24, 2.45) is 11.3 Å². The van der Waals surface area contributed by atoms with Gasteiger partial charge in [0.1, 0.15) is 23.7 Å². The molecule has 0 radical (unpaired) electrons. The number of thioether (sulfide) groups is 1. The fraction of sp³-hybridized carbons (Fsp3) is 0.479. The Morgan fingerprint density at radius 1 is 0.846 bits per heavy atom. The molecule has 0 saturated heterocycles. The largest absolute Gasteiger partial charge is 0.481 e. The zero-order chi connectivity index (χ0) is 47.8. The number of carboxylic acids is 1. The maximum absolute atomic E-state index is 15.2. The van der Waals surface area contributed by atoms with Gasteiger partial charge in [0.25, 0.3) is 11.8 Å². The third kappa shape index (κ3) is 15.7. The number of hydrogen-bond acceptors (Lipinski definition) is 8. The topological polar surface area (TPSA) is 187 Å². The van der Waals surface area contributed by atoms with Crippen LogP contribution in [0, 0.1) is 23.0 Å². The predicted octanol–water partition coefficient (Wildman–Crippen LogP) is 6.24. The van der Waals surface area contributed by atoms with Crippen molar-refractivity contribution in [1.82, 2.24) is 30.3 Å². The molecule has 0 fully saturated rings. The average Bonchev–Trinajstić information content (AvgIpc) is 3.79. The van der Waals surface area contributed by atoms with Crippen LogP contribution in [0.4, 0.5) is 8.78 Å². The fourth-order valence-electron chi connectivity index (χ4n) is 7.56. The zero-order valence-corrected chi connectivity index (χ0v) is 38.9. The van der Waals surface area contributed by atoms with E-state index >= 15 is 4.39 Å². The molecule has 352 valence electrons. The van der Waals surface area contributed by atoms with E-state index in [2.05, 4.69) is 16.0 Å². The monoisotopic (exact) mass is 920 g/mol. The molecule has 1 aliphatic heterocycles. The summed E-state index contributed by atoms with van der Waals surface area (Å²) in [5, 5.41) is 17.5. The number of nitrogens with one attached hydrogen (secondary N) is 3. The Bertz CT molecular complexity index is 2170. The van der Waals surface area contributed by atoms with Crippen LogP contribution in [0.3, 0.4) is 0 Å². The van der Waals surface area contributed by atoms with Gasteiger partial charge in [-0.25, -0.2) is 8.78 Å². The van der Waals surface area contributed by atoms with E-state index in [0.717, 1.165) is 28.7 Å². The second kappa shape index (κ2) is 24.4. The second-order valence-corrected chi connectivity index (χ2v) is 18.7. The summed E-state index contributed by atoms with van der Waals surface area (Å²) >= 11 is 1.19. The molecule has 0 spiro atoms. The molecule has 0 bridgehead atoms. The number of imide groups is 1. The molecule has 0 aliphatic carbocycles. The number of carbonyl (C=O) groups excluding carboxylic acids is 6. The third-order valence-corrected chi connectivity index (χ3v) is 11.8. The number of halogens is 2. The summed E-state index contributed by atoms with van der Waals surface area (Å²) in [6.45, 7) is 11.9. The highest BCUT2D eigenvalue weighted by Gasteiger charge is 2.37. The molecule has 0 saturated carbocycles. The van der Waals surface area contributed by atoms with Crippen molar-refractivity contribution in [3.8, 4) is 11.1 Å². The van der Waals surface area contributed by atoms with Gasteiger partial charge in [-0.2, -0.15) is 11.8 Å². The van der Waals surface area contributed by atoms with Gasteiger partial charge in [0.2, 0.25) is 23.6 Å². The number of carbonyl (C=O) groups is 7. The van der Waals surface area contributed by atoms with E-state index in [4.69, 9.17) is 0 Å². The zero-order valence-electron chi connectivity index (χ0n) is 38.0. The molecule has 1 aliphatic rings. The first-order chi connectivity index (χ1) is 30.8. The minimum atomic E-state index is -0.981.